The number of amides is 2. The molecule has 2 amide bonds. The predicted molar refractivity (Wildman–Crippen MR) is 92.3 cm³/mol. The number of carbonyl (C=O) groups is 2. The molecule has 0 aromatic heterocycles. The number of piperidine rings is 1. The molecular formula is C18H27N3O3. The van der Waals surface area contributed by atoms with Crippen LogP contribution in [0.25, 0.3) is 0 Å². The van der Waals surface area contributed by atoms with E-state index in [1.807, 2.05) is 24.3 Å². The van der Waals surface area contributed by atoms with E-state index in [0.717, 1.165) is 37.1 Å². The highest BCUT2D eigenvalue weighted by molar-refractivity contribution is 5.78. The summed E-state index contributed by atoms with van der Waals surface area (Å²) in [5.74, 6) is 0.00247. The van der Waals surface area contributed by atoms with E-state index in [-0.39, 0.29) is 17.9 Å². The molecular weight excluding hydrogens is 306 g/mol. The predicted octanol–water partition coefficient (Wildman–Crippen LogP) is 1.05. The number of carbonyl (C=O) groups excluding carboxylic acids is 2. The standard InChI is InChI=1S/C18H27N3O3/c1-14(22)20-17-4-3-9-21(11-17)12-18(23)19-10-15-5-7-16(8-6-15)13-24-2/h5-8,17H,3-4,9-13H2,1-2H3,(H,19,23)(H,20,22). The van der Waals surface area contributed by atoms with E-state index in [0.29, 0.717) is 19.7 Å². The topological polar surface area (TPSA) is 70.7 Å². The summed E-state index contributed by atoms with van der Waals surface area (Å²) in [4.78, 5) is 25.4. The number of nitrogens with one attached hydrogen (secondary N) is 2. The van der Waals surface area contributed by atoms with Crippen molar-refractivity contribution in [2.75, 3.05) is 26.7 Å². The van der Waals surface area contributed by atoms with Gasteiger partial charge in [-0.05, 0) is 30.5 Å². The van der Waals surface area contributed by atoms with Crippen LogP contribution in [0.1, 0.15) is 30.9 Å². The summed E-state index contributed by atoms with van der Waals surface area (Å²) in [7, 11) is 1.67. The Balaban J connectivity index is 1.73. The molecule has 1 heterocycles. The van der Waals surface area contributed by atoms with E-state index in [9.17, 15) is 9.59 Å². The van der Waals surface area contributed by atoms with E-state index >= 15 is 0 Å². The van der Waals surface area contributed by atoms with Crippen LogP contribution >= 0.6 is 0 Å². The SMILES string of the molecule is COCc1ccc(CNC(=O)CN2CCCC(NC(C)=O)C2)cc1. The first-order chi connectivity index (χ1) is 11.6. The van der Waals surface area contributed by atoms with Gasteiger partial charge < -0.3 is 15.4 Å². The second-order valence-corrected chi connectivity index (χ2v) is 6.30. The van der Waals surface area contributed by atoms with Gasteiger partial charge in [0.25, 0.3) is 0 Å². The number of rotatable bonds is 7. The molecule has 6 nitrogen and oxygen atoms in total. The van der Waals surface area contributed by atoms with Crippen LogP contribution in [-0.4, -0.2) is 49.5 Å². The third kappa shape index (κ3) is 6.29. The van der Waals surface area contributed by atoms with Gasteiger partial charge in [0, 0.05) is 33.2 Å². The fraction of sp³-hybridized carbons (Fsp3) is 0.556. The van der Waals surface area contributed by atoms with Crippen LogP contribution in [0, 0.1) is 0 Å². The third-order valence-corrected chi connectivity index (χ3v) is 4.10. The number of benzene rings is 1. The summed E-state index contributed by atoms with van der Waals surface area (Å²) in [6, 6.07) is 8.17. The van der Waals surface area contributed by atoms with Gasteiger partial charge in [0.2, 0.25) is 11.8 Å². The Morgan fingerprint density at radius 1 is 1.25 bits per heavy atom. The highest BCUT2D eigenvalue weighted by atomic mass is 16.5. The number of nitrogens with zero attached hydrogens (tertiary/aromatic N) is 1. The van der Waals surface area contributed by atoms with Crippen molar-refractivity contribution in [1.29, 1.82) is 0 Å². The summed E-state index contributed by atoms with van der Waals surface area (Å²) in [5.41, 5.74) is 2.18. The van der Waals surface area contributed by atoms with Crippen molar-refractivity contribution < 1.29 is 14.3 Å². The number of ether oxygens (including phenoxy) is 1. The van der Waals surface area contributed by atoms with E-state index in [2.05, 4.69) is 15.5 Å². The van der Waals surface area contributed by atoms with Gasteiger partial charge >= 0.3 is 0 Å². The van der Waals surface area contributed by atoms with Gasteiger partial charge in [-0.15, -0.1) is 0 Å². The Hall–Kier alpha value is -1.92. The number of hydrogen-bond donors (Lipinski definition) is 2. The van der Waals surface area contributed by atoms with Crippen molar-refractivity contribution in [1.82, 2.24) is 15.5 Å². The van der Waals surface area contributed by atoms with Crippen molar-refractivity contribution in [2.45, 2.75) is 39.0 Å². The monoisotopic (exact) mass is 333 g/mol. The van der Waals surface area contributed by atoms with E-state index in [1.165, 1.54) is 6.92 Å². The molecule has 2 N–H and O–H groups in total. The van der Waals surface area contributed by atoms with Gasteiger partial charge in [0.15, 0.2) is 0 Å². The first-order valence-electron chi connectivity index (χ1n) is 8.39. The van der Waals surface area contributed by atoms with Gasteiger partial charge in [0.1, 0.15) is 0 Å². The molecule has 1 atom stereocenters. The molecule has 6 heteroatoms. The second-order valence-electron chi connectivity index (χ2n) is 6.30. The number of likely N-dealkylation sites (tertiary alicyclic amines) is 1. The Bertz CT molecular complexity index is 545. The molecule has 1 aromatic rings. The van der Waals surface area contributed by atoms with Crippen LogP contribution in [0.15, 0.2) is 24.3 Å². The summed E-state index contributed by atoms with van der Waals surface area (Å²) in [6.07, 6.45) is 1.98. The second kappa shape index (κ2) is 9.39. The molecule has 24 heavy (non-hydrogen) atoms. The van der Waals surface area contributed by atoms with E-state index in [4.69, 9.17) is 4.74 Å². The molecule has 1 aliphatic heterocycles. The molecule has 0 spiro atoms. The number of methoxy groups -OCH3 is 1. The first-order valence-corrected chi connectivity index (χ1v) is 8.39. The summed E-state index contributed by atoms with van der Waals surface area (Å²) >= 11 is 0. The quantitative estimate of drug-likeness (QED) is 0.782. The molecule has 0 aliphatic carbocycles. The van der Waals surface area contributed by atoms with Crippen LogP contribution in [0.3, 0.4) is 0 Å². The molecule has 1 saturated heterocycles. The van der Waals surface area contributed by atoms with Crippen LogP contribution in [0.5, 0.6) is 0 Å². The van der Waals surface area contributed by atoms with Gasteiger partial charge in [-0.25, -0.2) is 0 Å². The highest BCUT2D eigenvalue weighted by Gasteiger charge is 2.21. The van der Waals surface area contributed by atoms with E-state index < -0.39 is 0 Å². The largest absolute Gasteiger partial charge is 0.380 e. The summed E-state index contributed by atoms with van der Waals surface area (Å²) in [5, 5.41) is 5.89. The lowest BCUT2D eigenvalue weighted by atomic mass is 10.1. The van der Waals surface area contributed by atoms with Gasteiger partial charge in [-0.1, -0.05) is 24.3 Å². The number of hydrogen-bond acceptors (Lipinski definition) is 4. The first kappa shape index (κ1) is 18.4. The van der Waals surface area contributed by atoms with Crippen molar-refractivity contribution in [3.63, 3.8) is 0 Å². The van der Waals surface area contributed by atoms with Crippen molar-refractivity contribution in [3.05, 3.63) is 35.4 Å². The van der Waals surface area contributed by atoms with E-state index in [1.54, 1.807) is 7.11 Å². The molecule has 0 saturated carbocycles. The third-order valence-electron chi connectivity index (χ3n) is 4.10. The molecule has 1 aromatic carbocycles. The minimum absolute atomic E-state index is 0.0109. The smallest absolute Gasteiger partial charge is 0.234 e. The van der Waals surface area contributed by atoms with Crippen LogP contribution < -0.4 is 10.6 Å². The lowest BCUT2D eigenvalue weighted by Gasteiger charge is -2.32. The van der Waals surface area contributed by atoms with Crippen LogP contribution in [0.2, 0.25) is 0 Å². The lowest BCUT2D eigenvalue weighted by molar-refractivity contribution is -0.122. The molecule has 1 unspecified atom stereocenters. The Morgan fingerprint density at radius 2 is 1.96 bits per heavy atom. The average molecular weight is 333 g/mol. The summed E-state index contributed by atoms with van der Waals surface area (Å²) < 4.78 is 5.08. The zero-order valence-corrected chi connectivity index (χ0v) is 14.5. The maximum atomic E-state index is 12.1. The van der Waals surface area contributed by atoms with Gasteiger partial charge in [-0.3, -0.25) is 14.5 Å². The highest BCUT2D eigenvalue weighted by Crippen LogP contribution is 2.10. The molecule has 1 fully saturated rings. The van der Waals surface area contributed by atoms with Crippen LogP contribution in [-0.2, 0) is 27.5 Å². The zero-order chi connectivity index (χ0) is 17.4. The Labute approximate surface area is 143 Å². The zero-order valence-electron chi connectivity index (χ0n) is 14.5. The minimum Gasteiger partial charge on any atom is -0.380 e. The van der Waals surface area contributed by atoms with Gasteiger partial charge in [0.05, 0.1) is 13.2 Å². The normalized spacial score (nSPS) is 18.2. The maximum Gasteiger partial charge on any atom is 0.234 e. The van der Waals surface area contributed by atoms with Crippen LogP contribution in [0.4, 0.5) is 0 Å². The van der Waals surface area contributed by atoms with Gasteiger partial charge in [-0.2, -0.15) is 0 Å². The molecule has 0 radical (unpaired) electrons. The fourth-order valence-corrected chi connectivity index (χ4v) is 2.98. The van der Waals surface area contributed by atoms with Crippen molar-refractivity contribution in [2.24, 2.45) is 0 Å². The molecule has 0 bridgehead atoms. The Morgan fingerprint density at radius 3 is 2.62 bits per heavy atom. The average Bonchev–Trinajstić information content (AvgIpc) is 2.54. The molecule has 1 aliphatic rings. The summed E-state index contributed by atoms with van der Waals surface area (Å²) in [6.45, 7) is 4.65. The Kier molecular flexibility index (Phi) is 7.21. The van der Waals surface area contributed by atoms with Crippen molar-refractivity contribution >= 4 is 11.8 Å². The lowest BCUT2D eigenvalue weighted by Crippen LogP contribution is -2.49. The van der Waals surface area contributed by atoms with Crippen molar-refractivity contribution in [3.8, 4) is 0 Å². The maximum absolute atomic E-state index is 12.1. The fourth-order valence-electron chi connectivity index (χ4n) is 2.98. The minimum atomic E-state index is -0.0109. The molecule has 132 valence electrons. The molecule has 2 rings (SSSR count).